The third kappa shape index (κ3) is 1.09. The number of ketones is 2. The third-order valence-electron chi connectivity index (χ3n) is 6.97. The third-order valence-corrected chi connectivity index (χ3v) is 6.97. The summed E-state index contributed by atoms with van der Waals surface area (Å²) < 4.78 is 11.0. The molecule has 130 valence electrons. The number of hydrogen-bond acceptors (Lipinski definition) is 7. The largest absolute Gasteiger partial charge is 0.504 e. The lowest BCUT2D eigenvalue weighted by Gasteiger charge is -2.56. The molecule has 7 heteroatoms. The van der Waals surface area contributed by atoms with E-state index in [2.05, 4.69) is 0 Å². The van der Waals surface area contributed by atoms with Crippen molar-refractivity contribution >= 4 is 11.6 Å². The average molecular weight is 336 g/mol. The Kier molecular flexibility index (Phi) is 2.58. The average Bonchev–Trinajstić information content (AvgIpc) is 3.09. The number of carbonyl (C=O) groups excluding carboxylic acids is 2. The van der Waals surface area contributed by atoms with Crippen LogP contribution in [0.15, 0.2) is 22.7 Å². The number of hydrogen-bond donors (Lipinski definition) is 3. The first-order valence-corrected chi connectivity index (χ1v) is 7.93. The van der Waals surface area contributed by atoms with Crippen LogP contribution in [0.2, 0.25) is 0 Å². The Balaban J connectivity index is 2.10. The minimum absolute atomic E-state index is 0.122. The molecule has 2 fully saturated rings. The van der Waals surface area contributed by atoms with Gasteiger partial charge in [-0.1, -0.05) is 6.92 Å². The zero-order valence-corrected chi connectivity index (χ0v) is 14.0. The maximum atomic E-state index is 13.5. The van der Waals surface area contributed by atoms with Crippen LogP contribution >= 0.6 is 0 Å². The molecule has 1 saturated heterocycles. The van der Waals surface area contributed by atoms with Gasteiger partial charge in [0.15, 0.2) is 11.5 Å². The van der Waals surface area contributed by atoms with E-state index in [-0.39, 0.29) is 30.1 Å². The molecule has 0 aromatic rings. The lowest BCUT2D eigenvalue weighted by Crippen LogP contribution is -2.76. The Hall–Kier alpha value is -1.70. The smallest absolute Gasteiger partial charge is 0.251 e. The van der Waals surface area contributed by atoms with E-state index >= 15 is 0 Å². The van der Waals surface area contributed by atoms with Crippen LogP contribution in [0, 0.1) is 16.7 Å². The fourth-order valence-electron chi connectivity index (χ4n) is 5.32. The lowest BCUT2D eigenvalue weighted by molar-refractivity contribution is -0.303. The standard InChI is InChI=1S/C17H20O7/c1-7-9(3)24-17(22)10(4)15-6-23-5-14(15,13(20)16(7,17)21)8(2)11(18)12(15)19/h10,18,21-22H,5-6H2,1-4H3/t10-,14-,15-,16-,17-/m1/s1. The van der Waals surface area contributed by atoms with Crippen LogP contribution in [0.5, 0.6) is 0 Å². The van der Waals surface area contributed by atoms with E-state index in [1.54, 1.807) is 13.8 Å². The Labute approximate surface area is 138 Å². The van der Waals surface area contributed by atoms with Crippen molar-refractivity contribution in [1.82, 2.24) is 0 Å². The van der Waals surface area contributed by atoms with Crippen molar-refractivity contribution in [3.63, 3.8) is 0 Å². The summed E-state index contributed by atoms with van der Waals surface area (Å²) in [6, 6.07) is 0. The van der Waals surface area contributed by atoms with E-state index in [1.807, 2.05) is 0 Å². The molecular weight excluding hydrogens is 316 g/mol. The van der Waals surface area contributed by atoms with Crippen LogP contribution < -0.4 is 0 Å². The van der Waals surface area contributed by atoms with Crippen LogP contribution in [0.4, 0.5) is 0 Å². The second-order valence-corrected chi connectivity index (χ2v) is 7.41. The minimum Gasteiger partial charge on any atom is -0.504 e. The van der Waals surface area contributed by atoms with Gasteiger partial charge >= 0.3 is 0 Å². The van der Waals surface area contributed by atoms with Crippen LogP contribution in [0.3, 0.4) is 0 Å². The first-order valence-electron chi connectivity index (χ1n) is 7.93. The monoisotopic (exact) mass is 336 g/mol. The van der Waals surface area contributed by atoms with Gasteiger partial charge in [0.2, 0.25) is 11.4 Å². The number of aliphatic hydroxyl groups excluding tert-OH is 1. The number of allylic oxidation sites excluding steroid dienone is 2. The van der Waals surface area contributed by atoms with Crippen LogP contribution in [-0.4, -0.2) is 51.5 Å². The highest BCUT2D eigenvalue weighted by Crippen LogP contribution is 2.70. The molecule has 24 heavy (non-hydrogen) atoms. The van der Waals surface area contributed by atoms with Crippen molar-refractivity contribution in [1.29, 1.82) is 0 Å². The maximum Gasteiger partial charge on any atom is 0.251 e. The number of rotatable bonds is 0. The molecule has 4 aliphatic rings. The Morgan fingerprint density at radius 3 is 2.33 bits per heavy atom. The van der Waals surface area contributed by atoms with Gasteiger partial charge in [0.05, 0.1) is 29.8 Å². The second kappa shape index (κ2) is 3.92. The zero-order valence-electron chi connectivity index (χ0n) is 14.0. The van der Waals surface area contributed by atoms with Gasteiger partial charge < -0.3 is 24.8 Å². The molecule has 2 aliphatic carbocycles. The van der Waals surface area contributed by atoms with Crippen molar-refractivity contribution in [2.75, 3.05) is 13.2 Å². The quantitative estimate of drug-likeness (QED) is 0.585. The minimum atomic E-state index is -2.29. The summed E-state index contributed by atoms with van der Waals surface area (Å²) in [5.74, 6) is -4.88. The van der Waals surface area contributed by atoms with Crippen molar-refractivity contribution in [2.24, 2.45) is 16.7 Å². The van der Waals surface area contributed by atoms with Crippen molar-refractivity contribution < 1.29 is 34.4 Å². The van der Waals surface area contributed by atoms with Crippen molar-refractivity contribution in [3.8, 4) is 0 Å². The van der Waals surface area contributed by atoms with Gasteiger partial charge in [-0.25, -0.2) is 0 Å². The van der Waals surface area contributed by atoms with E-state index in [9.17, 15) is 24.9 Å². The van der Waals surface area contributed by atoms with Crippen LogP contribution in [0.1, 0.15) is 27.7 Å². The van der Waals surface area contributed by atoms with Crippen LogP contribution in [-0.2, 0) is 19.1 Å². The Morgan fingerprint density at radius 1 is 1.08 bits per heavy atom. The number of carbonyl (C=O) groups is 2. The predicted molar refractivity (Wildman–Crippen MR) is 79.6 cm³/mol. The molecule has 3 N–H and O–H groups in total. The van der Waals surface area contributed by atoms with Crippen molar-refractivity contribution in [3.05, 3.63) is 22.7 Å². The molecule has 4 rings (SSSR count). The van der Waals surface area contributed by atoms with Gasteiger partial charge in [0.1, 0.15) is 0 Å². The second-order valence-electron chi connectivity index (χ2n) is 7.41. The number of fused-ring (bicyclic) bond motifs is 1. The molecule has 7 nitrogen and oxygen atoms in total. The number of aliphatic hydroxyl groups is 3. The first kappa shape index (κ1) is 15.8. The van der Waals surface area contributed by atoms with E-state index in [1.165, 1.54) is 13.8 Å². The number of ether oxygens (including phenoxy) is 2. The van der Waals surface area contributed by atoms with E-state index in [0.717, 1.165) is 0 Å². The predicted octanol–water partition coefficient (Wildman–Crippen LogP) is 0.367. The summed E-state index contributed by atoms with van der Waals surface area (Å²) in [5, 5.41) is 32.7. The molecule has 2 aliphatic heterocycles. The lowest BCUT2D eigenvalue weighted by atomic mass is 9.46. The normalized spacial score (nSPS) is 50.2. The van der Waals surface area contributed by atoms with E-state index in [0.29, 0.717) is 0 Å². The van der Waals surface area contributed by atoms with Gasteiger partial charge in [-0.2, -0.15) is 0 Å². The molecular formula is C17H20O7. The van der Waals surface area contributed by atoms with Gasteiger partial charge in [0.25, 0.3) is 5.79 Å². The SMILES string of the molecule is CC1=C(C)[C@@]2(O)C(=O)[C@]34COC[C@]3(C(=O)C(O)=C4C)[C@@H](C)[C@@]2(O)O1. The molecule has 0 radical (unpaired) electrons. The Morgan fingerprint density at radius 2 is 1.71 bits per heavy atom. The molecule has 5 atom stereocenters. The molecule has 0 spiro atoms. The molecule has 0 bridgehead atoms. The molecule has 0 amide bonds. The fourth-order valence-corrected chi connectivity index (χ4v) is 5.32. The summed E-state index contributed by atoms with van der Waals surface area (Å²) >= 11 is 0. The summed E-state index contributed by atoms with van der Waals surface area (Å²) in [6.07, 6.45) is 0. The van der Waals surface area contributed by atoms with Crippen LogP contribution in [0.25, 0.3) is 0 Å². The molecule has 0 unspecified atom stereocenters. The first-order chi connectivity index (χ1) is 11.0. The molecule has 0 aromatic heterocycles. The van der Waals surface area contributed by atoms with Gasteiger partial charge in [-0.15, -0.1) is 0 Å². The van der Waals surface area contributed by atoms with Gasteiger partial charge in [0, 0.05) is 11.5 Å². The van der Waals surface area contributed by atoms with Gasteiger partial charge in [-0.3, -0.25) is 9.59 Å². The van der Waals surface area contributed by atoms with E-state index in [4.69, 9.17) is 9.47 Å². The summed E-state index contributed by atoms with van der Waals surface area (Å²) in [7, 11) is 0. The highest BCUT2D eigenvalue weighted by Gasteiger charge is 2.86. The topological polar surface area (TPSA) is 113 Å². The summed E-state index contributed by atoms with van der Waals surface area (Å²) in [6.45, 7) is 5.89. The number of Topliss-reactive ketones (excluding diaryl/α,β-unsaturated/α-hetero) is 2. The fraction of sp³-hybridized carbons (Fsp3) is 0.647. The maximum absolute atomic E-state index is 13.5. The summed E-state index contributed by atoms with van der Waals surface area (Å²) in [4.78, 5) is 26.4. The molecule has 0 aromatic carbocycles. The van der Waals surface area contributed by atoms with Gasteiger partial charge in [-0.05, 0) is 26.3 Å². The zero-order chi connectivity index (χ0) is 17.9. The molecule has 2 heterocycles. The highest BCUT2D eigenvalue weighted by molar-refractivity contribution is 6.14. The van der Waals surface area contributed by atoms with E-state index < -0.39 is 45.5 Å². The molecule has 1 saturated carbocycles. The summed E-state index contributed by atoms with van der Waals surface area (Å²) in [5.41, 5.74) is -4.87. The highest BCUT2D eigenvalue weighted by atomic mass is 16.7. The Bertz CT molecular complexity index is 780. The van der Waals surface area contributed by atoms with Crippen molar-refractivity contribution in [2.45, 2.75) is 39.1 Å².